The number of aromatic amines is 1. The van der Waals surface area contributed by atoms with Gasteiger partial charge in [0.15, 0.2) is 4.60 Å². The van der Waals surface area contributed by atoms with E-state index in [2.05, 4.69) is 25.8 Å². The van der Waals surface area contributed by atoms with Gasteiger partial charge >= 0.3 is 0 Å². The van der Waals surface area contributed by atoms with Crippen LogP contribution in [0, 0.1) is 0 Å². The molecule has 4 heteroatoms. The molecule has 3 N–H and O–H groups in total. The highest BCUT2D eigenvalue weighted by Crippen LogP contribution is 2.22. The number of piperidine rings is 1. The minimum atomic E-state index is 0.829. The number of hydrogen-bond acceptors (Lipinski definition) is 2. The molecule has 0 amide bonds. The van der Waals surface area contributed by atoms with Gasteiger partial charge in [0, 0.05) is 0 Å². The Labute approximate surface area is 92.4 Å². The first-order chi connectivity index (χ1) is 6.77. The van der Waals surface area contributed by atoms with Crippen LogP contribution in [0.15, 0.2) is 16.7 Å². The lowest BCUT2D eigenvalue weighted by Gasteiger charge is -2.21. The van der Waals surface area contributed by atoms with Crippen LogP contribution in [0.5, 0.6) is 0 Å². The second-order valence-electron chi connectivity index (χ2n) is 3.66. The molecule has 1 aliphatic rings. The van der Waals surface area contributed by atoms with E-state index in [0.717, 1.165) is 29.2 Å². The van der Waals surface area contributed by atoms with E-state index < -0.39 is 0 Å². The van der Waals surface area contributed by atoms with E-state index in [1.54, 1.807) is 0 Å². The number of nitrogens with one attached hydrogen (secondary N) is 1. The van der Waals surface area contributed by atoms with Crippen LogP contribution < -0.4 is 15.6 Å². The largest absolute Gasteiger partial charge is 0.392 e. The van der Waals surface area contributed by atoms with Gasteiger partial charge in [0.25, 0.3) is 5.82 Å². The molecule has 0 aromatic carbocycles. The smallest absolute Gasteiger partial charge is 0.298 e. The minimum absolute atomic E-state index is 0.829. The quantitative estimate of drug-likeness (QED) is 0.780. The van der Waals surface area contributed by atoms with Crippen molar-refractivity contribution in [2.45, 2.75) is 19.3 Å². The molecule has 0 radical (unpaired) electrons. The van der Waals surface area contributed by atoms with Gasteiger partial charge in [-0.2, -0.15) is 0 Å². The van der Waals surface area contributed by atoms with Crippen LogP contribution >= 0.6 is 15.9 Å². The fraction of sp³-hybridized carbons (Fsp3) is 0.500. The van der Waals surface area contributed by atoms with Gasteiger partial charge in [-0.3, -0.25) is 4.90 Å². The molecule has 1 saturated heterocycles. The first-order valence-electron chi connectivity index (χ1n) is 4.99. The summed E-state index contributed by atoms with van der Waals surface area (Å²) < 4.78 is 0.979. The van der Waals surface area contributed by atoms with E-state index in [4.69, 9.17) is 5.73 Å². The van der Waals surface area contributed by atoms with E-state index in [-0.39, 0.29) is 0 Å². The zero-order valence-electron chi connectivity index (χ0n) is 8.09. The first-order valence-corrected chi connectivity index (χ1v) is 5.79. The molecule has 0 unspecified atom stereocenters. The molecule has 0 aliphatic carbocycles. The van der Waals surface area contributed by atoms with E-state index in [9.17, 15) is 0 Å². The summed E-state index contributed by atoms with van der Waals surface area (Å²) in [7, 11) is 0. The molecule has 1 aliphatic heterocycles. The summed E-state index contributed by atoms with van der Waals surface area (Å²) in [6.45, 7) is 2.22. The number of nitrogen functional groups attached to an aromatic ring is 1. The molecule has 0 atom stereocenters. The van der Waals surface area contributed by atoms with Crippen molar-refractivity contribution in [2.24, 2.45) is 0 Å². The minimum Gasteiger partial charge on any atom is -0.392 e. The number of halogens is 1. The number of pyridine rings is 1. The Morgan fingerprint density at radius 1 is 1.21 bits per heavy atom. The molecule has 1 fully saturated rings. The summed E-state index contributed by atoms with van der Waals surface area (Å²) in [5.41, 5.74) is 6.76. The lowest BCUT2D eigenvalue weighted by molar-refractivity contribution is -0.377. The van der Waals surface area contributed by atoms with E-state index >= 15 is 0 Å². The maximum Gasteiger partial charge on any atom is 0.298 e. The molecule has 3 nitrogen and oxygen atoms in total. The fourth-order valence-electron chi connectivity index (χ4n) is 1.85. The molecule has 1 aromatic heterocycles. The van der Waals surface area contributed by atoms with Crippen LogP contribution in [0.4, 0.5) is 11.5 Å². The standard InChI is InChI=1S/C10H14BrN3/c11-9-5-4-8(12)10(13-9)14-6-2-1-3-7-14/h4-5H,1-3,6-7,12H2/p+1. The summed E-state index contributed by atoms with van der Waals surface area (Å²) in [4.78, 5) is 5.59. The number of aromatic nitrogens is 1. The van der Waals surface area contributed by atoms with Crippen LogP contribution in [-0.2, 0) is 0 Å². The Bertz CT molecular complexity index is 321. The van der Waals surface area contributed by atoms with E-state index in [1.165, 1.54) is 19.3 Å². The van der Waals surface area contributed by atoms with Crippen molar-refractivity contribution in [2.75, 3.05) is 23.7 Å². The van der Waals surface area contributed by atoms with Crippen molar-refractivity contribution in [1.82, 2.24) is 0 Å². The molecule has 0 saturated carbocycles. The summed E-state index contributed by atoms with van der Waals surface area (Å²) >= 11 is 3.43. The molecular formula is C10H15BrN3+. The number of anilines is 2. The number of H-pyrrole nitrogens is 1. The monoisotopic (exact) mass is 256 g/mol. The molecule has 1 aromatic rings. The van der Waals surface area contributed by atoms with Crippen molar-refractivity contribution in [3.63, 3.8) is 0 Å². The van der Waals surface area contributed by atoms with Gasteiger partial charge < -0.3 is 5.73 Å². The van der Waals surface area contributed by atoms with Gasteiger partial charge in [-0.05, 0) is 47.3 Å². The van der Waals surface area contributed by atoms with Crippen LogP contribution in [0.2, 0.25) is 0 Å². The first kappa shape index (κ1) is 9.77. The molecular weight excluding hydrogens is 242 g/mol. The molecule has 2 heterocycles. The predicted molar refractivity (Wildman–Crippen MR) is 61.2 cm³/mol. The zero-order valence-corrected chi connectivity index (χ0v) is 9.68. The summed E-state index contributed by atoms with van der Waals surface area (Å²) in [6, 6.07) is 3.87. The molecule has 2 rings (SSSR count). The number of nitrogens with zero attached hydrogens (tertiary/aromatic N) is 1. The Morgan fingerprint density at radius 2 is 1.93 bits per heavy atom. The molecule has 76 valence electrons. The third kappa shape index (κ3) is 2.00. The lowest BCUT2D eigenvalue weighted by Crippen LogP contribution is -2.35. The van der Waals surface area contributed by atoms with Crippen molar-refractivity contribution >= 4 is 27.4 Å². The van der Waals surface area contributed by atoms with Gasteiger partial charge in [0.05, 0.1) is 13.1 Å². The normalized spacial score (nSPS) is 17.1. The number of nitrogens with two attached hydrogens (primary N) is 1. The Balaban J connectivity index is 2.24. The second kappa shape index (κ2) is 4.17. The zero-order chi connectivity index (χ0) is 9.97. The Kier molecular flexibility index (Phi) is 2.91. The van der Waals surface area contributed by atoms with E-state index in [1.807, 2.05) is 12.1 Å². The lowest BCUT2D eigenvalue weighted by atomic mass is 10.1. The second-order valence-corrected chi connectivity index (χ2v) is 4.51. The van der Waals surface area contributed by atoms with Crippen LogP contribution in [0.1, 0.15) is 19.3 Å². The fourth-order valence-corrected chi connectivity index (χ4v) is 2.17. The average molecular weight is 257 g/mol. The summed E-state index contributed by atoms with van der Waals surface area (Å²) in [5, 5.41) is 0. The third-order valence-electron chi connectivity index (χ3n) is 2.59. The highest BCUT2D eigenvalue weighted by Gasteiger charge is 2.21. The molecule has 0 bridgehead atoms. The van der Waals surface area contributed by atoms with Crippen LogP contribution in [0.25, 0.3) is 0 Å². The maximum atomic E-state index is 5.93. The Hall–Kier alpha value is -0.770. The van der Waals surface area contributed by atoms with E-state index in [0.29, 0.717) is 0 Å². The number of rotatable bonds is 1. The summed E-state index contributed by atoms with van der Waals surface area (Å²) in [5.74, 6) is 1.05. The van der Waals surface area contributed by atoms with Crippen molar-refractivity contribution < 1.29 is 4.98 Å². The summed E-state index contributed by atoms with van der Waals surface area (Å²) in [6.07, 6.45) is 3.87. The van der Waals surface area contributed by atoms with Gasteiger partial charge in [0.2, 0.25) is 0 Å². The van der Waals surface area contributed by atoms with Gasteiger partial charge in [0.1, 0.15) is 5.69 Å². The SMILES string of the molecule is Nc1ccc(Br)[nH+]c1N1CCCCC1. The van der Waals surface area contributed by atoms with Gasteiger partial charge in [-0.25, -0.2) is 4.98 Å². The van der Waals surface area contributed by atoms with Crippen molar-refractivity contribution in [3.8, 4) is 0 Å². The van der Waals surface area contributed by atoms with Gasteiger partial charge in [-0.1, -0.05) is 0 Å². The molecule has 14 heavy (non-hydrogen) atoms. The highest BCUT2D eigenvalue weighted by molar-refractivity contribution is 9.10. The van der Waals surface area contributed by atoms with Crippen LogP contribution in [0.3, 0.4) is 0 Å². The Morgan fingerprint density at radius 3 is 2.64 bits per heavy atom. The predicted octanol–water partition coefficient (Wildman–Crippen LogP) is 1.84. The number of hydrogen-bond donors (Lipinski definition) is 1. The van der Waals surface area contributed by atoms with Crippen molar-refractivity contribution in [3.05, 3.63) is 16.7 Å². The third-order valence-corrected chi connectivity index (χ3v) is 3.06. The van der Waals surface area contributed by atoms with Crippen molar-refractivity contribution in [1.29, 1.82) is 0 Å². The molecule has 0 spiro atoms. The average Bonchev–Trinajstić information content (AvgIpc) is 2.23. The maximum absolute atomic E-state index is 5.93. The van der Waals surface area contributed by atoms with Gasteiger partial charge in [-0.15, -0.1) is 0 Å². The topological polar surface area (TPSA) is 43.4 Å². The highest BCUT2D eigenvalue weighted by atomic mass is 79.9. The van der Waals surface area contributed by atoms with Crippen LogP contribution in [-0.4, -0.2) is 13.1 Å².